The zero-order chi connectivity index (χ0) is 14.7. The van der Waals surface area contributed by atoms with E-state index in [1.54, 1.807) is 6.20 Å². The lowest BCUT2D eigenvalue weighted by Crippen LogP contribution is -2.32. The molecule has 1 aromatic rings. The molecular formula is C15H24ClN3O. The first-order chi connectivity index (χ1) is 9.51. The van der Waals surface area contributed by atoms with Crippen LogP contribution in [-0.2, 0) is 6.54 Å². The fourth-order valence-electron chi connectivity index (χ4n) is 3.22. The van der Waals surface area contributed by atoms with E-state index in [-0.39, 0.29) is 10.6 Å². The zero-order valence-corrected chi connectivity index (χ0v) is 13.3. The van der Waals surface area contributed by atoms with Crippen LogP contribution >= 0.6 is 11.6 Å². The van der Waals surface area contributed by atoms with Gasteiger partial charge in [-0.3, -0.25) is 4.79 Å². The average molecular weight is 298 g/mol. The van der Waals surface area contributed by atoms with Gasteiger partial charge in [-0.15, -0.1) is 0 Å². The second-order valence-electron chi connectivity index (χ2n) is 6.16. The van der Waals surface area contributed by atoms with Crippen LogP contribution in [0.2, 0.25) is 5.02 Å². The summed E-state index contributed by atoms with van der Waals surface area (Å²) < 4.78 is 1.43. The Hall–Kier alpha value is -1.03. The van der Waals surface area contributed by atoms with E-state index in [1.807, 2.05) is 6.92 Å². The van der Waals surface area contributed by atoms with Crippen LogP contribution in [0.25, 0.3) is 0 Å². The average Bonchev–Trinajstić information content (AvgIpc) is 2.37. The number of anilines is 1. The van der Waals surface area contributed by atoms with Crippen molar-refractivity contribution in [3.8, 4) is 0 Å². The largest absolute Gasteiger partial charge is 0.380 e. The molecule has 2 unspecified atom stereocenters. The molecule has 0 bridgehead atoms. The maximum atomic E-state index is 12.1. The van der Waals surface area contributed by atoms with E-state index in [0.717, 1.165) is 19.3 Å². The number of aromatic nitrogens is 2. The van der Waals surface area contributed by atoms with Gasteiger partial charge in [0.15, 0.2) is 0 Å². The predicted octanol–water partition coefficient (Wildman–Crippen LogP) is 3.54. The minimum Gasteiger partial charge on any atom is -0.380 e. The summed E-state index contributed by atoms with van der Waals surface area (Å²) in [6.07, 6.45) is 6.08. The molecule has 4 nitrogen and oxygen atoms in total. The van der Waals surface area contributed by atoms with E-state index in [0.29, 0.717) is 30.1 Å². The number of aryl methyl sites for hydroxylation is 1. The summed E-state index contributed by atoms with van der Waals surface area (Å²) in [7, 11) is 0. The predicted molar refractivity (Wildman–Crippen MR) is 83.4 cm³/mol. The van der Waals surface area contributed by atoms with Gasteiger partial charge in [0.25, 0.3) is 5.56 Å². The minimum absolute atomic E-state index is 0.199. The highest BCUT2D eigenvalue weighted by molar-refractivity contribution is 6.32. The lowest BCUT2D eigenvalue weighted by Gasteiger charge is -2.32. The van der Waals surface area contributed by atoms with Crippen LogP contribution in [0.5, 0.6) is 0 Å². The summed E-state index contributed by atoms with van der Waals surface area (Å²) in [6.45, 7) is 7.18. The molecule has 0 amide bonds. The van der Waals surface area contributed by atoms with Crippen molar-refractivity contribution in [2.75, 3.05) is 5.32 Å². The van der Waals surface area contributed by atoms with Crippen molar-refractivity contribution in [3.63, 3.8) is 0 Å². The van der Waals surface area contributed by atoms with Crippen LogP contribution in [0.1, 0.15) is 46.5 Å². The third-order valence-corrected chi connectivity index (χ3v) is 4.32. The Bertz CT molecular complexity index is 504. The molecule has 2 rings (SSSR count). The summed E-state index contributed by atoms with van der Waals surface area (Å²) in [5, 5.41) is 7.87. The maximum absolute atomic E-state index is 12.1. The van der Waals surface area contributed by atoms with Crippen molar-refractivity contribution in [1.82, 2.24) is 9.78 Å². The summed E-state index contributed by atoms with van der Waals surface area (Å²) >= 11 is 6.19. The first kappa shape index (κ1) is 15.4. The highest BCUT2D eigenvalue weighted by atomic mass is 35.5. The number of nitrogens with one attached hydrogen (secondary N) is 1. The van der Waals surface area contributed by atoms with E-state index < -0.39 is 0 Å². The molecule has 112 valence electrons. The van der Waals surface area contributed by atoms with Crippen LogP contribution in [-0.4, -0.2) is 15.8 Å². The van der Waals surface area contributed by atoms with Gasteiger partial charge in [-0.05, 0) is 37.5 Å². The van der Waals surface area contributed by atoms with Crippen LogP contribution < -0.4 is 10.9 Å². The molecule has 1 N–H and O–H groups in total. The maximum Gasteiger partial charge on any atom is 0.287 e. The molecule has 0 aromatic carbocycles. The van der Waals surface area contributed by atoms with E-state index in [1.165, 1.54) is 11.1 Å². The molecule has 0 aliphatic heterocycles. The quantitative estimate of drug-likeness (QED) is 0.924. The molecule has 1 aliphatic rings. The Balaban J connectivity index is 2.13. The smallest absolute Gasteiger partial charge is 0.287 e. The lowest BCUT2D eigenvalue weighted by molar-refractivity contribution is 0.280. The molecule has 1 aliphatic carbocycles. The fraction of sp³-hybridized carbons (Fsp3) is 0.733. The molecule has 20 heavy (non-hydrogen) atoms. The Morgan fingerprint density at radius 1 is 1.35 bits per heavy atom. The summed E-state index contributed by atoms with van der Waals surface area (Å²) in [5.41, 5.74) is 0.478. The van der Waals surface area contributed by atoms with Crippen molar-refractivity contribution >= 4 is 17.3 Å². The lowest BCUT2D eigenvalue weighted by atomic mass is 9.80. The van der Waals surface area contributed by atoms with Crippen molar-refractivity contribution in [3.05, 3.63) is 21.6 Å². The first-order valence-corrected chi connectivity index (χ1v) is 7.91. The molecule has 0 radical (unpaired) electrons. The number of rotatable bonds is 4. The monoisotopic (exact) mass is 297 g/mol. The van der Waals surface area contributed by atoms with Crippen LogP contribution in [0, 0.1) is 11.8 Å². The summed E-state index contributed by atoms with van der Waals surface area (Å²) in [4.78, 5) is 12.1. The fourth-order valence-corrected chi connectivity index (χ4v) is 3.42. The molecule has 1 heterocycles. The number of hydrogen-bond donors (Lipinski definition) is 1. The van der Waals surface area contributed by atoms with E-state index >= 15 is 0 Å². The standard InChI is InChI=1S/C15H24ClN3O/c1-4-5-19-15(20)14(16)13(9-17-19)18-12-7-10(2)6-11(3)8-12/h9-12,18H,4-8H2,1-3H3. The summed E-state index contributed by atoms with van der Waals surface area (Å²) in [6, 6.07) is 0.384. The topological polar surface area (TPSA) is 46.9 Å². The third-order valence-electron chi connectivity index (χ3n) is 3.96. The second-order valence-corrected chi connectivity index (χ2v) is 6.54. The Morgan fingerprint density at radius 2 is 2.00 bits per heavy atom. The van der Waals surface area contributed by atoms with Crippen molar-refractivity contribution in [2.24, 2.45) is 11.8 Å². The van der Waals surface area contributed by atoms with Crippen molar-refractivity contribution in [2.45, 2.75) is 59.0 Å². The van der Waals surface area contributed by atoms with Gasteiger partial charge in [0.2, 0.25) is 0 Å². The highest BCUT2D eigenvalue weighted by Crippen LogP contribution is 2.31. The Labute approximate surface area is 125 Å². The van der Waals surface area contributed by atoms with Crippen molar-refractivity contribution < 1.29 is 0 Å². The van der Waals surface area contributed by atoms with Crippen LogP contribution in [0.3, 0.4) is 0 Å². The SMILES string of the molecule is CCCn1ncc(NC2CC(C)CC(C)C2)c(Cl)c1=O. The normalized spacial score (nSPS) is 26.5. The van der Waals surface area contributed by atoms with Gasteiger partial charge in [0, 0.05) is 12.6 Å². The second kappa shape index (κ2) is 6.61. The van der Waals surface area contributed by atoms with Crippen LogP contribution in [0.4, 0.5) is 5.69 Å². The first-order valence-electron chi connectivity index (χ1n) is 7.53. The van der Waals surface area contributed by atoms with Gasteiger partial charge in [0.1, 0.15) is 5.02 Å². The number of nitrogens with zero attached hydrogens (tertiary/aromatic N) is 2. The zero-order valence-electron chi connectivity index (χ0n) is 12.5. The molecule has 1 aromatic heterocycles. The number of halogens is 1. The minimum atomic E-state index is -0.199. The van der Waals surface area contributed by atoms with Gasteiger partial charge in [-0.1, -0.05) is 32.4 Å². The Kier molecular flexibility index (Phi) is 5.08. The van der Waals surface area contributed by atoms with Gasteiger partial charge >= 0.3 is 0 Å². The highest BCUT2D eigenvalue weighted by Gasteiger charge is 2.24. The molecule has 1 saturated carbocycles. The molecule has 1 fully saturated rings. The van der Waals surface area contributed by atoms with Crippen molar-refractivity contribution in [1.29, 1.82) is 0 Å². The van der Waals surface area contributed by atoms with E-state index in [2.05, 4.69) is 24.3 Å². The molecule has 2 atom stereocenters. The molecule has 0 saturated heterocycles. The summed E-state index contributed by atoms with van der Waals surface area (Å²) in [5.74, 6) is 1.42. The van der Waals surface area contributed by atoms with E-state index in [9.17, 15) is 4.79 Å². The van der Waals surface area contributed by atoms with E-state index in [4.69, 9.17) is 11.6 Å². The van der Waals surface area contributed by atoms with Gasteiger partial charge < -0.3 is 5.32 Å². The molecule has 5 heteroatoms. The number of hydrogen-bond acceptors (Lipinski definition) is 3. The molecule has 0 spiro atoms. The van der Waals surface area contributed by atoms with Gasteiger partial charge in [0.05, 0.1) is 11.9 Å². The van der Waals surface area contributed by atoms with Gasteiger partial charge in [-0.2, -0.15) is 5.10 Å². The Morgan fingerprint density at radius 3 is 2.60 bits per heavy atom. The third kappa shape index (κ3) is 3.54. The van der Waals surface area contributed by atoms with Gasteiger partial charge in [-0.25, -0.2) is 4.68 Å². The van der Waals surface area contributed by atoms with Crippen LogP contribution in [0.15, 0.2) is 11.0 Å². The molecular weight excluding hydrogens is 274 g/mol.